The van der Waals surface area contributed by atoms with E-state index in [0.717, 1.165) is 31.8 Å². The summed E-state index contributed by atoms with van der Waals surface area (Å²) in [6.45, 7) is 4.52. The second kappa shape index (κ2) is 7.24. The van der Waals surface area contributed by atoms with Gasteiger partial charge in [-0.3, -0.25) is 4.79 Å². The lowest BCUT2D eigenvalue weighted by atomic mass is 10.00. The molecule has 0 aliphatic carbocycles. The lowest BCUT2D eigenvalue weighted by Crippen LogP contribution is -2.45. The lowest BCUT2D eigenvalue weighted by molar-refractivity contribution is -0.140. The van der Waals surface area contributed by atoms with Crippen molar-refractivity contribution >= 4 is 12.0 Å². The number of esters is 1. The van der Waals surface area contributed by atoms with Gasteiger partial charge in [0.25, 0.3) is 0 Å². The summed E-state index contributed by atoms with van der Waals surface area (Å²) in [7, 11) is 3.17. The fourth-order valence-corrected chi connectivity index (χ4v) is 2.10. The SMILES string of the molecule is COC(=O)CCCN(C)C(=O)N1CCC(C)CC1. The molecule has 0 aromatic heterocycles. The number of likely N-dealkylation sites (tertiary alicyclic amines) is 1. The Morgan fingerprint density at radius 3 is 2.50 bits per heavy atom. The molecule has 0 bridgehead atoms. The van der Waals surface area contributed by atoms with E-state index in [0.29, 0.717) is 19.4 Å². The van der Waals surface area contributed by atoms with Gasteiger partial charge in [-0.1, -0.05) is 6.92 Å². The third-order valence-electron chi connectivity index (χ3n) is 3.48. The van der Waals surface area contributed by atoms with Crippen LogP contribution in [0.4, 0.5) is 4.79 Å². The van der Waals surface area contributed by atoms with Crippen molar-refractivity contribution in [1.82, 2.24) is 9.80 Å². The van der Waals surface area contributed by atoms with Gasteiger partial charge >= 0.3 is 12.0 Å². The Bertz CT molecular complexity index is 286. The molecular formula is C13H24N2O3. The number of hydrogen-bond acceptors (Lipinski definition) is 3. The molecule has 0 spiro atoms. The van der Waals surface area contributed by atoms with Crippen molar-refractivity contribution < 1.29 is 14.3 Å². The molecule has 2 amide bonds. The number of hydrogen-bond donors (Lipinski definition) is 0. The molecule has 5 heteroatoms. The second-order valence-electron chi connectivity index (χ2n) is 5.05. The van der Waals surface area contributed by atoms with E-state index < -0.39 is 0 Å². The predicted octanol–water partition coefficient (Wildman–Crippen LogP) is 1.72. The van der Waals surface area contributed by atoms with Crippen LogP contribution in [0.25, 0.3) is 0 Å². The Hall–Kier alpha value is -1.26. The van der Waals surface area contributed by atoms with Crippen molar-refractivity contribution in [3.05, 3.63) is 0 Å². The van der Waals surface area contributed by atoms with Gasteiger partial charge in [0, 0.05) is 33.1 Å². The van der Waals surface area contributed by atoms with E-state index in [4.69, 9.17) is 0 Å². The summed E-state index contributed by atoms with van der Waals surface area (Å²) in [5.41, 5.74) is 0. The number of carbonyl (C=O) groups is 2. The summed E-state index contributed by atoms with van der Waals surface area (Å²) in [6, 6.07) is 0.0757. The minimum Gasteiger partial charge on any atom is -0.469 e. The highest BCUT2D eigenvalue weighted by atomic mass is 16.5. The topological polar surface area (TPSA) is 49.9 Å². The van der Waals surface area contributed by atoms with Crippen LogP contribution in [0.2, 0.25) is 0 Å². The van der Waals surface area contributed by atoms with Crippen LogP contribution >= 0.6 is 0 Å². The van der Waals surface area contributed by atoms with Gasteiger partial charge in [-0.2, -0.15) is 0 Å². The number of methoxy groups -OCH3 is 1. The minimum absolute atomic E-state index is 0.0757. The van der Waals surface area contributed by atoms with Crippen LogP contribution in [0, 0.1) is 5.92 Å². The van der Waals surface area contributed by atoms with Crippen LogP contribution in [-0.2, 0) is 9.53 Å². The molecule has 1 saturated heterocycles. The fraction of sp³-hybridized carbons (Fsp3) is 0.846. The van der Waals surface area contributed by atoms with Gasteiger partial charge in [0.05, 0.1) is 7.11 Å². The third-order valence-corrected chi connectivity index (χ3v) is 3.48. The first kappa shape index (κ1) is 14.8. The second-order valence-corrected chi connectivity index (χ2v) is 5.05. The highest BCUT2D eigenvalue weighted by Gasteiger charge is 2.22. The van der Waals surface area contributed by atoms with E-state index in [1.54, 1.807) is 11.9 Å². The molecule has 1 aliphatic rings. The molecule has 0 N–H and O–H groups in total. The monoisotopic (exact) mass is 256 g/mol. The van der Waals surface area contributed by atoms with Crippen LogP contribution in [0.5, 0.6) is 0 Å². The highest BCUT2D eigenvalue weighted by Crippen LogP contribution is 2.17. The predicted molar refractivity (Wildman–Crippen MR) is 69.2 cm³/mol. The molecule has 1 aliphatic heterocycles. The van der Waals surface area contributed by atoms with E-state index in [1.807, 2.05) is 4.90 Å². The highest BCUT2D eigenvalue weighted by molar-refractivity contribution is 5.74. The number of urea groups is 1. The average molecular weight is 256 g/mol. The number of amides is 2. The minimum atomic E-state index is -0.220. The van der Waals surface area contributed by atoms with Crippen LogP contribution in [-0.4, -0.2) is 55.6 Å². The van der Waals surface area contributed by atoms with Crippen LogP contribution in [0.15, 0.2) is 0 Å². The number of nitrogens with zero attached hydrogens (tertiary/aromatic N) is 2. The summed E-state index contributed by atoms with van der Waals surface area (Å²) in [4.78, 5) is 26.6. The molecule has 0 aromatic rings. The molecule has 1 fully saturated rings. The zero-order valence-corrected chi connectivity index (χ0v) is 11.6. The van der Waals surface area contributed by atoms with Gasteiger partial charge in [0.1, 0.15) is 0 Å². The van der Waals surface area contributed by atoms with Gasteiger partial charge in [-0.25, -0.2) is 4.79 Å². The Kier molecular flexibility index (Phi) is 5.95. The fourth-order valence-electron chi connectivity index (χ4n) is 2.10. The third kappa shape index (κ3) is 4.55. The van der Waals surface area contributed by atoms with Crippen molar-refractivity contribution in [2.75, 3.05) is 33.8 Å². The Morgan fingerprint density at radius 1 is 1.33 bits per heavy atom. The molecular weight excluding hydrogens is 232 g/mol. The molecule has 1 heterocycles. The maximum absolute atomic E-state index is 12.1. The van der Waals surface area contributed by atoms with E-state index in [-0.39, 0.29) is 12.0 Å². The number of piperidine rings is 1. The van der Waals surface area contributed by atoms with Crippen molar-refractivity contribution in [2.45, 2.75) is 32.6 Å². The van der Waals surface area contributed by atoms with Gasteiger partial charge in [-0.15, -0.1) is 0 Å². The molecule has 0 radical (unpaired) electrons. The molecule has 0 saturated carbocycles. The molecule has 5 nitrogen and oxygen atoms in total. The van der Waals surface area contributed by atoms with Gasteiger partial charge in [0.2, 0.25) is 0 Å². The molecule has 0 atom stereocenters. The average Bonchev–Trinajstić information content (AvgIpc) is 2.38. The molecule has 0 aromatic carbocycles. The maximum Gasteiger partial charge on any atom is 0.319 e. The molecule has 0 unspecified atom stereocenters. The van der Waals surface area contributed by atoms with Crippen LogP contribution in [0.3, 0.4) is 0 Å². The zero-order valence-electron chi connectivity index (χ0n) is 11.6. The van der Waals surface area contributed by atoms with Crippen LogP contribution < -0.4 is 0 Å². The van der Waals surface area contributed by atoms with Gasteiger partial charge in [-0.05, 0) is 25.2 Å². The van der Waals surface area contributed by atoms with E-state index in [2.05, 4.69) is 11.7 Å². The standard InChI is InChI=1S/C13H24N2O3/c1-11-6-9-15(10-7-11)13(17)14(2)8-4-5-12(16)18-3/h11H,4-10H2,1-3H3. The maximum atomic E-state index is 12.1. The largest absolute Gasteiger partial charge is 0.469 e. The molecule has 1 rings (SSSR count). The summed E-state index contributed by atoms with van der Waals surface area (Å²) in [5.74, 6) is 0.501. The van der Waals surface area contributed by atoms with E-state index in [1.165, 1.54) is 7.11 Å². The van der Waals surface area contributed by atoms with Gasteiger partial charge in [0.15, 0.2) is 0 Å². The number of rotatable bonds is 4. The van der Waals surface area contributed by atoms with Crippen LogP contribution in [0.1, 0.15) is 32.6 Å². The quantitative estimate of drug-likeness (QED) is 0.720. The summed E-state index contributed by atoms with van der Waals surface area (Å²) >= 11 is 0. The van der Waals surface area contributed by atoms with Crippen molar-refractivity contribution in [2.24, 2.45) is 5.92 Å². The normalized spacial score (nSPS) is 16.5. The number of ether oxygens (including phenoxy) is 1. The van der Waals surface area contributed by atoms with Gasteiger partial charge < -0.3 is 14.5 Å². The Morgan fingerprint density at radius 2 is 1.94 bits per heavy atom. The van der Waals surface area contributed by atoms with E-state index >= 15 is 0 Å². The molecule has 18 heavy (non-hydrogen) atoms. The first-order chi connectivity index (χ1) is 8.54. The Labute approximate surface area is 109 Å². The summed E-state index contributed by atoms with van der Waals surface area (Å²) < 4.78 is 4.57. The smallest absolute Gasteiger partial charge is 0.319 e. The van der Waals surface area contributed by atoms with E-state index in [9.17, 15) is 9.59 Å². The first-order valence-corrected chi connectivity index (χ1v) is 6.61. The van der Waals surface area contributed by atoms with Crippen molar-refractivity contribution in [3.8, 4) is 0 Å². The summed E-state index contributed by atoms with van der Waals surface area (Å²) in [6.07, 6.45) is 3.19. The lowest BCUT2D eigenvalue weighted by Gasteiger charge is -2.33. The summed E-state index contributed by atoms with van der Waals surface area (Å²) in [5, 5.41) is 0. The van der Waals surface area contributed by atoms with Crippen molar-refractivity contribution in [1.29, 1.82) is 0 Å². The molecule has 104 valence electrons. The zero-order chi connectivity index (χ0) is 13.5. The number of carbonyl (C=O) groups excluding carboxylic acids is 2. The first-order valence-electron chi connectivity index (χ1n) is 6.61. The Balaban J connectivity index is 2.26. The van der Waals surface area contributed by atoms with Crippen molar-refractivity contribution in [3.63, 3.8) is 0 Å².